The van der Waals surface area contributed by atoms with Crippen molar-refractivity contribution in [3.05, 3.63) is 29.0 Å². The Balaban J connectivity index is 1.94. The highest BCUT2D eigenvalue weighted by Crippen LogP contribution is 2.26. The van der Waals surface area contributed by atoms with Gasteiger partial charge in [-0.1, -0.05) is 37.3 Å². The number of aliphatic hydroxyl groups is 1. The number of pyridine rings is 1. The summed E-state index contributed by atoms with van der Waals surface area (Å²) in [6.45, 7) is 0.282. The summed E-state index contributed by atoms with van der Waals surface area (Å²) >= 11 is 5.92. The van der Waals surface area contributed by atoms with Crippen LogP contribution in [0, 0.1) is 0 Å². The molecule has 1 aliphatic carbocycles. The van der Waals surface area contributed by atoms with Gasteiger partial charge in [0.1, 0.15) is 0 Å². The molecule has 0 spiro atoms. The van der Waals surface area contributed by atoms with Crippen LogP contribution < -0.4 is 5.32 Å². The predicted octanol–water partition coefficient (Wildman–Crippen LogP) is 2.55. The minimum atomic E-state index is -0.772. The first-order valence-corrected chi connectivity index (χ1v) is 7.09. The molecule has 1 saturated carbocycles. The number of rotatable bonds is 3. The van der Waals surface area contributed by atoms with E-state index in [0.29, 0.717) is 10.6 Å². The number of nitrogens with one attached hydrogen (secondary N) is 1. The predicted molar refractivity (Wildman–Crippen MR) is 74.2 cm³/mol. The first kappa shape index (κ1) is 14.3. The summed E-state index contributed by atoms with van der Waals surface area (Å²) in [5, 5.41) is 13.6. The van der Waals surface area contributed by atoms with Crippen LogP contribution in [-0.2, 0) is 0 Å². The molecule has 4 nitrogen and oxygen atoms in total. The average Bonchev–Trinajstić information content (AvgIpc) is 2.62. The summed E-state index contributed by atoms with van der Waals surface area (Å²) in [6.07, 6.45) is 8.82. The van der Waals surface area contributed by atoms with Gasteiger partial charge in [-0.3, -0.25) is 9.78 Å². The molecule has 1 aliphatic rings. The molecule has 2 rings (SSSR count). The van der Waals surface area contributed by atoms with Gasteiger partial charge in [-0.15, -0.1) is 0 Å². The van der Waals surface area contributed by atoms with E-state index < -0.39 is 5.60 Å². The zero-order valence-corrected chi connectivity index (χ0v) is 11.6. The molecule has 0 aliphatic heterocycles. The summed E-state index contributed by atoms with van der Waals surface area (Å²) in [4.78, 5) is 15.8. The molecule has 1 amide bonds. The van der Waals surface area contributed by atoms with Gasteiger partial charge in [-0.25, -0.2) is 0 Å². The molecule has 2 N–H and O–H groups in total. The number of aromatic nitrogens is 1. The maximum absolute atomic E-state index is 12.0. The van der Waals surface area contributed by atoms with Gasteiger partial charge in [0.05, 0.1) is 16.2 Å². The smallest absolute Gasteiger partial charge is 0.253 e. The Labute approximate surface area is 118 Å². The monoisotopic (exact) mass is 282 g/mol. The summed E-state index contributed by atoms with van der Waals surface area (Å²) < 4.78 is 0. The summed E-state index contributed by atoms with van der Waals surface area (Å²) in [5.74, 6) is -0.259. The Kier molecular flexibility index (Phi) is 4.77. The molecule has 19 heavy (non-hydrogen) atoms. The van der Waals surface area contributed by atoms with Crippen molar-refractivity contribution in [2.45, 2.75) is 44.1 Å². The van der Waals surface area contributed by atoms with Crippen molar-refractivity contribution in [2.24, 2.45) is 0 Å². The van der Waals surface area contributed by atoms with E-state index in [1.165, 1.54) is 12.4 Å². The van der Waals surface area contributed by atoms with Crippen LogP contribution in [0.3, 0.4) is 0 Å². The Bertz CT molecular complexity index is 443. The van der Waals surface area contributed by atoms with Crippen molar-refractivity contribution in [3.8, 4) is 0 Å². The van der Waals surface area contributed by atoms with Crippen LogP contribution in [0.4, 0.5) is 0 Å². The van der Waals surface area contributed by atoms with E-state index in [2.05, 4.69) is 10.3 Å². The minimum Gasteiger partial charge on any atom is -0.388 e. The van der Waals surface area contributed by atoms with Crippen LogP contribution in [-0.4, -0.2) is 28.1 Å². The van der Waals surface area contributed by atoms with E-state index >= 15 is 0 Å². The van der Waals surface area contributed by atoms with Crippen molar-refractivity contribution in [1.29, 1.82) is 0 Å². The van der Waals surface area contributed by atoms with Gasteiger partial charge < -0.3 is 10.4 Å². The van der Waals surface area contributed by atoms with E-state index in [1.54, 1.807) is 6.07 Å². The molecule has 104 valence electrons. The van der Waals surface area contributed by atoms with Gasteiger partial charge in [0.15, 0.2) is 0 Å². The molecule has 1 aromatic heterocycles. The maximum atomic E-state index is 12.0. The van der Waals surface area contributed by atoms with Crippen LogP contribution in [0.15, 0.2) is 18.5 Å². The van der Waals surface area contributed by atoms with E-state index in [1.807, 2.05) is 0 Å². The molecule has 0 atom stereocenters. The van der Waals surface area contributed by atoms with Crippen LogP contribution in [0.25, 0.3) is 0 Å². The Hall–Kier alpha value is -1.13. The quantitative estimate of drug-likeness (QED) is 0.838. The molecule has 1 heterocycles. The summed E-state index contributed by atoms with van der Waals surface area (Å²) in [6, 6.07) is 1.58. The van der Waals surface area contributed by atoms with Gasteiger partial charge in [0.25, 0.3) is 5.91 Å². The van der Waals surface area contributed by atoms with Gasteiger partial charge in [0, 0.05) is 18.9 Å². The molecule has 0 aromatic carbocycles. The minimum absolute atomic E-state index is 0.259. The fourth-order valence-corrected chi connectivity index (χ4v) is 2.67. The SMILES string of the molecule is O=C(NCC1(O)CCCCCC1)c1ccncc1Cl. The highest BCUT2D eigenvalue weighted by atomic mass is 35.5. The van der Waals surface area contributed by atoms with E-state index in [4.69, 9.17) is 11.6 Å². The second-order valence-electron chi connectivity index (χ2n) is 5.18. The lowest BCUT2D eigenvalue weighted by molar-refractivity contribution is 0.0246. The second kappa shape index (κ2) is 6.35. The van der Waals surface area contributed by atoms with Crippen molar-refractivity contribution >= 4 is 17.5 Å². The number of carbonyl (C=O) groups excluding carboxylic acids is 1. The number of carbonyl (C=O) groups is 1. The van der Waals surface area contributed by atoms with Crippen LogP contribution in [0.2, 0.25) is 5.02 Å². The highest BCUT2D eigenvalue weighted by molar-refractivity contribution is 6.33. The average molecular weight is 283 g/mol. The van der Waals surface area contributed by atoms with E-state index in [-0.39, 0.29) is 12.5 Å². The number of nitrogens with zero attached hydrogens (tertiary/aromatic N) is 1. The van der Waals surface area contributed by atoms with Gasteiger partial charge >= 0.3 is 0 Å². The Morgan fingerprint density at radius 2 is 2.05 bits per heavy atom. The fourth-order valence-electron chi connectivity index (χ4n) is 2.46. The van der Waals surface area contributed by atoms with Crippen LogP contribution in [0.1, 0.15) is 48.9 Å². The lowest BCUT2D eigenvalue weighted by Gasteiger charge is -2.26. The largest absolute Gasteiger partial charge is 0.388 e. The van der Waals surface area contributed by atoms with Gasteiger partial charge in [0.2, 0.25) is 0 Å². The Morgan fingerprint density at radius 3 is 2.68 bits per heavy atom. The van der Waals surface area contributed by atoms with Crippen LogP contribution in [0.5, 0.6) is 0 Å². The van der Waals surface area contributed by atoms with E-state index in [9.17, 15) is 9.90 Å². The zero-order valence-electron chi connectivity index (χ0n) is 10.9. The molecule has 1 aromatic rings. The normalized spacial score (nSPS) is 18.6. The van der Waals surface area contributed by atoms with Crippen LogP contribution >= 0.6 is 11.6 Å². The first-order valence-electron chi connectivity index (χ1n) is 6.71. The number of hydrogen-bond donors (Lipinski definition) is 2. The van der Waals surface area contributed by atoms with Crippen molar-refractivity contribution in [1.82, 2.24) is 10.3 Å². The second-order valence-corrected chi connectivity index (χ2v) is 5.58. The molecular formula is C14H19ClN2O2. The number of hydrogen-bond acceptors (Lipinski definition) is 3. The number of amides is 1. The zero-order chi connectivity index (χ0) is 13.7. The third-order valence-corrected chi connectivity index (χ3v) is 3.93. The summed E-state index contributed by atoms with van der Waals surface area (Å²) in [7, 11) is 0. The third kappa shape index (κ3) is 3.91. The fraction of sp³-hybridized carbons (Fsp3) is 0.571. The molecule has 0 unspecified atom stereocenters. The number of halogens is 1. The third-order valence-electron chi connectivity index (χ3n) is 3.63. The van der Waals surface area contributed by atoms with Gasteiger partial charge in [-0.05, 0) is 18.9 Å². The molecular weight excluding hydrogens is 264 g/mol. The molecule has 5 heteroatoms. The molecule has 0 radical (unpaired) electrons. The standard InChI is InChI=1S/C14H19ClN2O2/c15-12-9-16-8-5-11(12)13(18)17-10-14(19)6-3-1-2-4-7-14/h5,8-9,19H,1-4,6-7,10H2,(H,17,18). The van der Waals surface area contributed by atoms with Crippen molar-refractivity contribution < 1.29 is 9.90 Å². The van der Waals surface area contributed by atoms with Crippen molar-refractivity contribution in [3.63, 3.8) is 0 Å². The maximum Gasteiger partial charge on any atom is 0.253 e. The lowest BCUT2D eigenvalue weighted by atomic mass is 9.94. The first-order chi connectivity index (χ1) is 9.11. The molecule has 0 saturated heterocycles. The molecule has 0 bridgehead atoms. The van der Waals surface area contributed by atoms with E-state index in [0.717, 1.165) is 38.5 Å². The summed E-state index contributed by atoms with van der Waals surface area (Å²) in [5.41, 5.74) is -0.375. The van der Waals surface area contributed by atoms with Crippen molar-refractivity contribution in [2.75, 3.05) is 6.54 Å². The highest BCUT2D eigenvalue weighted by Gasteiger charge is 2.28. The van der Waals surface area contributed by atoms with Gasteiger partial charge in [-0.2, -0.15) is 0 Å². The lowest BCUT2D eigenvalue weighted by Crippen LogP contribution is -2.42. The Morgan fingerprint density at radius 1 is 1.37 bits per heavy atom. The topological polar surface area (TPSA) is 62.2 Å². The molecule has 1 fully saturated rings.